The van der Waals surface area contributed by atoms with Crippen molar-refractivity contribution < 1.29 is 4.39 Å². The summed E-state index contributed by atoms with van der Waals surface area (Å²) in [5, 5.41) is 0. The van der Waals surface area contributed by atoms with E-state index in [0.717, 1.165) is 0 Å². The SMILES string of the molecule is Cc1ccccc1C.Nc1ccc(F)cc1. The molecule has 2 aromatic carbocycles. The highest BCUT2D eigenvalue weighted by Crippen LogP contribution is 2.03. The van der Waals surface area contributed by atoms with Gasteiger partial charge in [-0.2, -0.15) is 0 Å². The van der Waals surface area contributed by atoms with Crippen LogP contribution in [-0.4, -0.2) is 0 Å². The number of nitrogens with two attached hydrogens (primary N) is 1. The van der Waals surface area contributed by atoms with Crippen molar-refractivity contribution in [2.75, 3.05) is 5.73 Å². The van der Waals surface area contributed by atoms with Crippen molar-refractivity contribution in [1.82, 2.24) is 0 Å². The largest absolute Gasteiger partial charge is 0.399 e. The number of anilines is 1. The maximum absolute atomic E-state index is 12.0. The monoisotopic (exact) mass is 217 g/mol. The molecule has 0 radical (unpaired) electrons. The molecular weight excluding hydrogens is 201 g/mol. The first-order chi connectivity index (χ1) is 7.59. The van der Waals surface area contributed by atoms with Crippen molar-refractivity contribution in [2.45, 2.75) is 13.8 Å². The lowest BCUT2D eigenvalue weighted by Crippen LogP contribution is -1.82. The molecule has 0 atom stereocenters. The number of hydrogen-bond acceptors (Lipinski definition) is 1. The van der Waals surface area contributed by atoms with Crippen LogP contribution in [0.4, 0.5) is 10.1 Å². The molecule has 0 spiro atoms. The average Bonchev–Trinajstić information content (AvgIpc) is 2.28. The third kappa shape index (κ3) is 4.13. The van der Waals surface area contributed by atoms with Crippen LogP contribution in [0.3, 0.4) is 0 Å². The molecule has 0 unspecified atom stereocenters. The summed E-state index contributed by atoms with van der Waals surface area (Å²) >= 11 is 0. The highest BCUT2D eigenvalue weighted by atomic mass is 19.1. The second kappa shape index (κ2) is 5.91. The van der Waals surface area contributed by atoms with Crippen molar-refractivity contribution in [2.24, 2.45) is 0 Å². The van der Waals surface area contributed by atoms with Crippen molar-refractivity contribution in [3.8, 4) is 0 Å². The second-order valence-electron chi connectivity index (χ2n) is 3.64. The maximum atomic E-state index is 12.0. The number of rotatable bonds is 0. The van der Waals surface area contributed by atoms with Crippen LogP contribution < -0.4 is 5.73 Å². The fourth-order valence-corrected chi connectivity index (χ4v) is 1.13. The van der Waals surface area contributed by atoms with Crippen LogP contribution in [0.5, 0.6) is 0 Å². The molecule has 0 amide bonds. The Labute approximate surface area is 95.7 Å². The predicted molar refractivity (Wildman–Crippen MR) is 66.7 cm³/mol. The van der Waals surface area contributed by atoms with E-state index in [4.69, 9.17) is 5.73 Å². The lowest BCUT2D eigenvalue weighted by molar-refractivity contribution is 0.628. The Bertz CT molecular complexity index is 393. The van der Waals surface area contributed by atoms with Gasteiger partial charge in [-0.3, -0.25) is 0 Å². The molecule has 0 aliphatic heterocycles. The fraction of sp³-hybridized carbons (Fsp3) is 0.143. The van der Waals surface area contributed by atoms with Crippen molar-refractivity contribution in [3.63, 3.8) is 0 Å². The van der Waals surface area contributed by atoms with Gasteiger partial charge in [0, 0.05) is 5.69 Å². The van der Waals surface area contributed by atoms with Crippen LogP contribution in [0.25, 0.3) is 0 Å². The Morgan fingerprint density at radius 3 is 1.56 bits per heavy atom. The first-order valence-electron chi connectivity index (χ1n) is 5.13. The zero-order valence-corrected chi connectivity index (χ0v) is 9.57. The number of halogens is 1. The topological polar surface area (TPSA) is 26.0 Å². The molecule has 16 heavy (non-hydrogen) atoms. The van der Waals surface area contributed by atoms with Gasteiger partial charge in [-0.1, -0.05) is 24.3 Å². The van der Waals surface area contributed by atoms with Gasteiger partial charge in [0.05, 0.1) is 0 Å². The van der Waals surface area contributed by atoms with Gasteiger partial charge in [-0.05, 0) is 49.2 Å². The van der Waals surface area contributed by atoms with Gasteiger partial charge >= 0.3 is 0 Å². The minimum atomic E-state index is -0.251. The molecular formula is C14H16FN. The average molecular weight is 217 g/mol. The molecule has 2 rings (SSSR count). The zero-order valence-electron chi connectivity index (χ0n) is 9.57. The van der Waals surface area contributed by atoms with Crippen LogP contribution in [0.1, 0.15) is 11.1 Å². The number of hydrogen-bond donors (Lipinski definition) is 1. The van der Waals surface area contributed by atoms with Gasteiger partial charge in [0.25, 0.3) is 0 Å². The highest BCUT2D eigenvalue weighted by Gasteiger charge is 1.84. The Hall–Kier alpha value is -1.83. The molecule has 0 fully saturated rings. The molecule has 0 bridgehead atoms. The smallest absolute Gasteiger partial charge is 0.123 e. The minimum Gasteiger partial charge on any atom is -0.399 e. The van der Waals surface area contributed by atoms with Crippen LogP contribution >= 0.6 is 0 Å². The van der Waals surface area contributed by atoms with Gasteiger partial charge in [-0.15, -0.1) is 0 Å². The Morgan fingerprint density at radius 2 is 1.25 bits per heavy atom. The zero-order chi connectivity index (χ0) is 12.0. The molecule has 0 saturated heterocycles. The summed E-state index contributed by atoms with van der Waals surface area (Å²) in [6.07, 6.45) is 0. The first-order valence-corrected chi connectivity index (χ1v) is 5.13. The van der Waals surface area contributed by atoms with Crippen LogP contribution in [-0.2, 0) is 0 Å². The Balaban J connectivity index is 0.000000160. The van der Waals surface area contributed by atoms with Crippen molar-refractivity contribution >= 4 is 5.69 Å². The third-order valence-electron chi connectivity index (χ3n) is 2.30. The second-order valence-corrected chi connectivity index (χ2v) is 3.64. The van der Waals surface area contributed by atoms with E-state index in [2.05, 4.69) is 38.1 Å². The van der Waals surface area contributed by atoms with Crippen molar-refractivity contribution in [1.29, 1.82) is 0 Å². The summed E-state index contributed by atoms with van der Waals surface area (Å²) < 4.78 is 12.0. The van der Waals surface area contributed by atoms with E-state index in [1.54, 1.807) is 0 Å². The Morgan fingerprint density at radius 1 is 0.812 bits per heavy atom. The molecule has 0 saturated carbocycles. The quantitative estimate of drug-likeness (QED) is 0.669. The number of aryl methyl sites for hydroxylation is 2. The van der Waals surface area contributed by atoms with Gasteiger partial charge in [0.1, 0.15) is 5.82 Å². The van der Waals surface area contributed by atoms with E-state index >= 15 is 0 Å². The molecule has 2 heteroatoms. The fourth-order valence-electron chi connectivity index (χ4n) is 1.13. The molecule has 0 aromatic heterocycles. The predicted octanol–water partition coefficient (Wildman–Crippen LogP) is 3.71. The molecule has 2 N–H and O–H groups in total. The van der Waals surface area contributed by atoms with Crippen molar-refractivity contribution in [3.05, 3.63) is 65.5 Å². The summed E-state index contributed by atoms with van der Waals surface area (Å²) in [5.74, 6) is -0.251. The van der Waals surface area contributed by atoms with Gasteiger partial charge < -0.3 is 5.73 Å². The summed E-state index contributed by atoms with van der Waals surface area (Å²) in [5.41, 5.74) is 8.59. The van der Waals surface area contributed by atoms with E-state index in [1.807, 2.05) is 0 Å². The molecule has 0 aliphatic carbocycles. The summed E-state index contributed by atoms with van der Waals surface area (Å²) in [4.78, 5) is 0. The van der Waals surface area contributed by atoms with Crippen LogP contribution in [0, 0.1) is 19.7 Å². The van der Waals surface area contributed by atoms with E-state index < -0.39 is 0 Å². The summed E-state index contributed by atoms with van der Waals surface area (Å²) in [6, 6.07) is 14.1. The third-order valence-corrected chi connectivity index (χ3v) is 2.30. The summed E-state index contributed by atoms with van der Waals surface area (Å²) in [7, 11) is 0. The lowest BCUT2D eigenvalue weighted by Gasteiger charge is -1.93. The van der Waals surface area contributed by atoms with E-state index in [0.29, 0.717) is 5.69 Å². The van der Waals surface area contributed by atoms with E-state index in [9.17, 15) is 4.39 Å². The van der Waals surface area contributed by atoms with Gasteiger partial charge in [0.15, 0.2) is 0 Å². The van der Waals surface area contributed by atoms with Crippen LogP contribution in [0.15, 0.2) is 48.5 Å². The standard InChI is InChI=1S/C8H10.C6H6FN/c1-7-5-3-4-6-8(7)2;7-5-1-3-6(8)4-2-5/h3-6H,1-2H3;1-4H,8H2. The molecule has 0 heterocycles. The van der Waals surface area contributed by atoms with E-state index in [-0.39, 0.29) is 5.82 Å². The Kier molecular flexibility index (Phi) is 4.52. The molecule has 84 valence electrons. The molecule has 1 nitrogen and oxygen atoms in total. The van der Waals surface area contributed by atoms with E-state index in [1.165, 1.54) is 35.4 Å². The molecule has 0 aliphatic rings. The van der Waals surface area contributed by atoms with Gasteiger partial charge in [0.2, 0.25) is 0 Å². The lowest BCUT2D eigenvalue weighted by atomic mass is 10.1. The molecule has 2 aromatic rings. The summed E-state index contributed by atoms with van der Waals surface area (Å²) in [6.45, 7) is 4.24. The number of benzene rings is 2. The van der Waals surface area contributed by atoms with Gasteiger partial charge in [-0.25, -0.2) is 4.39 Å². The number of nitrogen functional groups attached to an aromatic ring is 1. The highest BCUT2D eigenvalue weighted by molar-refractivity contribution is 5.36. The first kappa shape index (κ1) is 12.2. The minimum absolute atomic E-state index is 0.251. The van der Waals surface area contributed by atoms with Crippen LogP contribution in [0.2, 0.25) is 0 Å². The normalized spacial score (nSPS) is 9.19. The maximum Gasteiger partial charge on any atom is 0.123 e.